The zero-order valence-electron chi connectivity index (χ0n) is 14.8. The first-order chi connectivity index (χ1) is 12.8. The fraction of sp³-hybridized carbons (Fsp3) is 0.455. The fourth-order valence-corrected chi connectivity index (χ4v) is 6.81. The number of ether oxygens (including phenoxy) is 2. The van der Waals surface area contributed by atoms with Gasteiger partial charge in [0.2, 0.25) is 0 Å². The summed E-state index contributed by atoms with van der Waals surface area (Å²) < 4.78 is 13.4. The summed E-state index contributed by atoms with van der Waals surface area (Å²) in [4.78, 5) is -0.227. The summed E-state index contributed by atoms with van der Waals surface area (Å²) in [5, 5.41) is 0. The van der Waals surface area contributed by atoms with Crippen molar-refractivity contribution in [3.05, 3.63) is 71.8 Å². The molecule has 0 bridgehead atoms. The van der Waals surface area contributed by atoms with Gasteiger partial charge in [0.1, 0.15) is 9.87 Å². The van der Waals surface area contributed by atoms with Crippen LogP contribution in [-0.4, -0.2) is 22.1 Å². The van der Waals surface area contributed by atoms with Crippen LogP contribution in [-0.2, 0) is 21.0 Å². The van der Waals surface area contributed by atoms with Gasteiger partial charge in [0.15, 0.2) is 0 Å². The van der Waals surface area contributed by atoms with Crippen molar-refractivity contribution in [2.24, 2.45) is 0 Å². The molecular formula is C22H24O2S2. The van der Waals surface area contributed by atoms with E-state index >= 15 is 0 Å². The van der Waals surface area contributed by atoms with Crippen LogP contribution in [0.4, 0.5) is 0 Å². The number of hydrogen-bond donors (Lipinski definition) is 0. The highest BCUT2D eigenvalue weighted by atomic mass is 32.2. The van der Waals surface area contributed by atoms with Crippen LogP contribution in [0.25, 0.3) is 0 Å². The van der Waals surface area contributed by atoms with Crippen LogP contribution in [0.15, 0.2) is 60.7 Å². The molecule has 0 amide bonds. The van der Waals surface area contributed by atoms with Gasteiger partial charge >= 0.3 is 0 Å². The van der Waals surface area contributed by atoms with Crippen molar-refractivity contribution in [2.45, 2.75) is 59.3 Å². The maximum Gasteiger partial charge on any atom is 0.140 e. The Kier molecular flexibility index (Phi) is 4.56. The molecule has 26 heavy (non-hydrogen) atoms. The van der Waals surface area contributed by atoms with Gasteiger partial charge in [0.25, 0.3) is 0 Å². The highest BCUT2D eigenvalue weighted by Gasteiger charge is 2.64. The van der Waals surface area contributed by atoms with Crippen LogP contribution < -0.4 is 0 Å². The van der Waals surface area contributed by atoms with Crippen LogP contribution in [0.5, 0.6) is 0 Å². The Bertz CT molecular complexity index is 688. The summed E-state index contributed by atoms with van der Waals surface area (Å²) in [6.45, 7) is 0. The standard InChI is InChI=1S/C22H24O2S2/c1-3-7-17(8-4-1)15-25-21-13-11-19(21)24-22(14-12-20(22)23-21)26-16-18-9-5-2-6-10-18/h1-10,19-20H,11-16H2/t19-,20-,21-,22?/m0/s1. The van der Waals surface area contributed by atoms with Gasteiger partial charge in [-0.2, -0.15) is 0 Å². The molecule has 0 N–H and O–H groups in total. The van der Waals surface area contributed by atoms with Crippen LogP contribution in [0.2, 0.25) is 0 Å². The quantitative estimate of drug-likeness (QED) is 0.643. The van der Waals surface area contributed by atoms with Crippen molar-refractivity contribution in [3.63, 3.8) is 0 Å². The third-order valence-corrected chi connectivity index (χ3v) is 8.89. The predicted molar refractivity (Wildman–Crippen MR) is 109 cm³/mol. The van der Waals surface area contributed by atoms with Gasteiger partial charge in [-0.15, -0.1) is 23.5 Å². The molecule has 5 rings (SSSR count). The third kappa shape index (κ3) is 3.01. The zero-order chi connectivity index (χ0) is 17.5. The first kappa shape index (κ1) is 17.2. The van der Waals surface area contributed by atoms with Crippen molar-refractivity contribution < 1.29 is 9.47 Å². The molecule has 2 aromatic carbocycles. The van der Waals surface area contributed by atoms with Gasteiger partial charge in [-0.05, 0) is 36.8 Å². The molecule has 2 aromatic rings. The minimum atomic E-state index is -0.113. The van der Waals surface area contributed by atoms with Crippen molar-refractivity contribution in [2.75, 3.05) is 0 Å². The van der Waals surface area contributed by atoms with E-state index in [-0.39, 0.29) is 22.1 Å². The third-order valence-electron chi connectivity index (χ3n) is 5.83. The Morgan fingerprint density at radius 1 is 0.692 bits per heavy atom. The van der Waals surface area contributed by atoms with E-state index in [2.05, 4.69) is 60.7 Å². The number of fused-ring (bicyclic) bond motifs is 2. The number of hydrogen-bond acceptors (Lipinski definition) is 4. The van der Waals surface area contributed by atoms with Crippen molar-refractivity contribution in [3.8, 4) is 0 Å². The molecule has 1 unspecified atom stereocenters. The molecule has 2 saturated carbocycles. The summed E-state index contributed by atoms with van der Waals surface area (Å²) in [6.07, 6.45) is 4.98. The lowest BCUT2D eigenvalue weighted by atomic mass is 9.82. The Morgan fingerprint density at radius 3 is 1.46 bits per heavy atom. The average Bonchev–Trinajstić information content (AvgIpc) is 2.67. The molecule has 2 nitrogen and oxygen atoms in total. The van der Waals surface area contributed by atoms with Crippen LogP contribution in [0.1, 0.15) is 36.8 Å². The summed E-state index contributed by atoms with van der Waals surface area (Å²) in [6, 6.07) is 21.4. The van der Waals surface area contributed by atoms with Gasteiger partial charge in [-0.25, -0.2) is 0 Å². The molecule has 3 aliphatic rings. The highest BCUT2D eigenvalue weighted by molar-refractivity contribution is 8.00. The second-order valence-electron chi connectivity index (χ2n) is 7.46. The molecular weight excluding hydrogens is 360 g/mol. The van der Waals surface area contributed by atoms with E-state index < -0.39 is 0 Å². The summed E-state index contributed by atoms with van der Waals surface area (Å²) in [7, 11) is 0. The first-order valence-electron chi connectivity index (χ1n) is 9.49. The van der Waals surface area contributed by atoms with Crippen LogP contribution >= 0.6 is 23.5 Å². The monoisotopic (exact) mass is 384 g/mol. The predicted octanol–water partition coefficient (Wildman–Crippen LogP) is 5.62. The van der Waals surface area contributed by atoms with Gasteiger partial charge in [-0.1, -0.05) is 60.7 Å². The molecule has 1 saturated heterocycles. The zero-order valence-corrected chi connectivity index (χ0v) is 16.4. The van der Waals surface area contributed by atoms with Crippen LogP contribution in [0.3, 0.4) is 0 Å². The second kappa shape index (κ2) is 6.90. The lowest BCUT2D eigenvalue weighted by Crippen LogP contribution is -2.69. The Hall–Kier alpha value is -0.940. The molecule has 0 radical (unpaired) electrons. The van der Waals surface area contributed by atoms with Crippen molar-refractivity contribution in [1.29, 1.82) is 0 Å². The lowest BCUT2D eigenvalue weighted by Gasteiger charge is -2.63. The second-order valence-corrected chi connectivity index (χ2v) is 10.00. The fourth-order valence-electron chi connectivity index (χ4n) is 4.00. The maximum absolute atomic E-state index is 6.70. The number of thioether (sulfide) groups is 2. The smallest absolute Gasteiger partial charge is 0.140 e. The van der Waals surface area contributed by atoms with E-state index in [1.807, 2.05) is 23.5 Å². The Labute approximate surface area is 164 Å². The average molecular weight is 385 g/mol. The van der Waals surface area contributed by atoms with E-state index in [4.69, 9.17) is 9.47 Å². The first-order valence-corrected chi connectivity index (χ1v) is 11.5. The number of rotatable bonds is 6. The molecule has 0 spiro atoms. The minimum absolute atomic E-state index is 0.113. The summed E-state index contributed by atoms with van der Waals surface area (Å²) in [5.74, 6) is 2.00. The molecule has 0 aromatic heterocycles. The maximum atomic E-state index is 6.70. The molecule has 1 aliphatic heterocycles. The topological polar surface area (TPSA) is 18.5 Å². The van der Waals surface area contributed by atoms with Gasteiger partial charge in [0.05, 0.1) is 12.2 Å². The van der Waals surface area contributed by atoms with E-state index in [0.717, 1.165) is 37.2 Å². The summed E-state index contributed by atoms with van der Waals surface area (Å²) >= 11 is 3.89. The number of benzene rings is 2. The SMILES string of the molecule is c1ccc(CSC23CC[C@@H]2O[C@]2(SCc4ccccc4)CC[C@@H]2O3)cc1. The highest BCUT2D eigenvalue weighted by Crippen LogP contribution is 2.61. The largest absolute Gasteiger partial charge is 0.354 e. The minimum Gasteiger partial charge on any atom is -0.354 e. The van der Waals surface area contributed by atoms with E-state index in [0.29, 0.717) is 0 Å². The van der Waals surface area contributed by atoms with Gasteiger partial charge in [0, 0.05) is 11.5 Å². The van der Waals surface area contributed by atoms with Crippen molar-refractivity contribution in [1.82, 2.24) is 0 Å². The van der Waals surface area contributed by atoms with E-state index in [9.17, 15) is 0 Å². The molecule has 2 aliphatic carbocycles. The van der Waals surface area contributed by atoms with Gasteiger partial charge in [-0.3, -0.25) is 0 Å². The van der Waals surface area contributed by atoms with Gasteiger partial charge < -0.3 is 9.47 Å². The normalized spacial score (nSPS) is 34.9. The lowest BCUT2D eigenvalue weighted by molar-refractivity contribution is -0.314. The molecule has 3 fully saturated rings. The summed E-state index contributed by atoms with van der Waals surface area (Å²) in [5.41, 5.74) is 2.73. The van der Waals surface area contributed by atoms with Crippen molar-refractivity contribution >= 4 is 23.5 Å². The Morgan fingerprint density at radius 2 is 1.12 bits per heavy atom. The molecule has 136 valence electrons. The molecule has 1 heterocycles. The molecule has 4 heteroatoms. The van der Waals surface area contributed by atoms with E-state index in [1.54, 1.807) is 0 Å². The molecule has 4 atom stereocenters. The van der Waals surface area contributed by atoms with E-state index in [1.165, 1.54) is 11.1 Å². The Balaban J connectivity index is 1.24. The van der Waals surface area contributed by atoms with Crippen LogP contribution in [0, 0.1) is 0 Å².